The van der Waals surface area contributed by atoms with Crippen molar-refractivity contribution in [1.82, 2.24) is 10.3 Å². The minimum atomic E-state index is -0.565. The normalized spacial score (nSPS) is 12.5. The Morgan fingerprint density at radius 1 is 1.21 bits per heavy atom. The molecule has 1 N–H and O–H groups in total. The number of rotatable bonds is 5. The number of nitrogens with one attached hydrogen (secondary N) is 1. The molecule has 1 aromatic heterocycles. The number of pyridine rings is 1. The summed E-state index contributed by atoms with van der Waals surface area (Å²) in [6, 6.07) is 13.7. The summed E-state index contributed by atoms with van der Waals surface area (Å²) in [5.41, 5.74) is 2.99. The minimum Gasteiger partial charge on any atom is -0.481 e. The highest BCUT2D eigenvalue weighted by molar-refractivity contribution is 5.80. The summed E-state index contributed by atoms with van der Waals surface area (Å²) >= 11 is 0. The van der Waals surface area contributed by atoms with E-state index in [1.165, 1.54) is 5.56 Å². The number of amides is 1. The third-order valence-electron chi connectivity index (χ3n) is 3.77. The van der Waals surface area contributed by atoms with Crippen molar-refractivity contribution in [3.05, 3.63) is 59.4 Å². The van der Waals surface area contributed by atoms with E-state index in [4.69, 9.17) is 4.74 Å². The fraction of sp³-hybridized carbons (Fsp3) is 0.400. The first-order valence-corrected chi connectivity index (χ1v) is 8.23. The quantitative estimate of drug-likeness (QED) is 0.910. The largest absolute Gasteiger partial charge is 0.481 e. The Balaban J connectivity index is 1.94. The van der Waals surface area contributed by atoms with Crippen LogP contribution in [0.3, 0.4) is 0 Å². The lowest BCUT2D eigenvalue weighted by Gasteiger charge is -2.21. The molecule has 1 amide bonds. The van der Waals surface area contributed by atoms with E-state index in [1.54, 1.807) is 6.92 Å². The van der Waals surface area contributed by atoms with E-state index in [0.29, 0.717) is 12.3 Å². The third-order valence-corrected chi connectivity index (χ3v) is 3.77. The molecular weight excluding hydrogens is 300 g/mol. The summed E-state index contributed by atoms with van der Waals surface area (Å²) in [5, 5.41) is 2.86. The zero-order valence-electron chi connectivity index (χ0n) is 15.1. The summed E-state index contributed by atoms with van der Waals surface area (Å²) in [6.45, 7) is 10.5. The smallest absolute Gasteiger partial charge is 0.261 e. The molecule has 2 rings (SSSR count). The monoisotopic (exact) mass is 326 g/mol. The van der Waals surface area contributed by atoms with E-state index < -0.39 is 6.10 Å². The molecule has 2 aromatic rings. The maximum Gasteiger partial charge on any atom is 0.261 e. The molecule has 1 aromatic carbocycles. The Morgan fingerprint density at radius 3 is 2.58 bits per heavy atom. The number of aryl methyl sites for hydroxylation is 1. The van der Waals surface area contributed by atoms with Gasteiger partial charge in [-0.3, -0.25) is 9.78 Å². The Bertz CT molecular complexity index is 705. The number of hydrogen-bond donors (Lipinski definition) is 1. The van der Waals surface area contributed by atoms with Crippen LogP contribution in [0.4, 0.5) is 0 Å². The number of carbonyl (C=O) groups is 1. The van der Waals surface area contributed by atoms with Gasteiger partial charge in [-0.05, 0) is 49.1 Å². The number of ether oxygens (including phenoxy) is 1. The molecule has 0 saturated heterocycles. The predicted octanol–water partition coefficient (Wildman–Crippen LogP) is 3.77. The molecule has 1 heterocycles. The second kappa shape index (κ2) is 7.47. The molecule has 0 spiro atoms. The van der Waals surface area contributed by atoms with Crippen LogP contribution < -0.4 is 10.1 Å². The summed E-state index contributed by atoms with van der Waals surface area (Å²) in [4.78, 5) is 16.6. The van der Waals surface area contributed by atoms with Crippen LogP contribution in [0.2, 0.25) is 0 Å². The van der Waals surface area contributed by atoms with Crippen LogP contribution in [0, 0.1) is 6.92 Å². The SMILES string of the molecule is Cc1cccc(CNC(=O)C(C)Oc2cccc(C(C)(C)C)c2)n1. The van der Waals surface area contributed by atoms with Gasteiger partial charge in [-0.2, -0.15) is 0 Å². The summed E-state index contributed by atoms with van der Waals surface area (Å²) in [6.07, 6.45) is -0.565. The first-order chi connectivity index (χ1) is 11.3. The fourth-order valence-corrected chi connectivity index (χ4v) is 2.31. The van der Waals surface area contributed by atoms with Gasteiger partial charge in [-0.25, -0.2) is 0 Å². The molecule has 0 aliphatic rings. The van der Waals surface area contributed by atoms with Crippen LogP contribution >= 0.6 is 0 Å². The van der Waals surface area contributed by atoms with Crippen molar-refractivity contribution in [1.29, 1.82) is 0 Å². The number of nitrogens with zero attached hydrogens (tertiary/aromatic N) is 1. The minimum absolute atomic E-state index is 0.0434. The van der Waals surface area contributed by atoms with Gasteiger partial charge in [0.25, 0.3) is 5.91 Å². The molecule has 0 fully saturated rings. The van der Waals surface area contributed by atoms with Crippen molar-refractivity contribution in [2.45, 2.75) is 52.7 Å². The average molecular weight is 326 g/mol. The predicted molar refractivity (Wildman–Crippen MR) is 96.1 cm³/mol. The van der Waals surface area contributed by atoms with E-state index >= 15 is 0 Å². The molecular formula is C20H26N2O2. The third kappa shape index (κ3) is 5.08. The van der Waals surface area contributed by atoms with Crippen LogP contribution in [0.15, 0.2) is 42.5 Å². The van der Waals surface area contributed by atoms with Crippen LogP contribution in [-0.4, -0.2) is 17.0 Å². The van der Waals surface area contributed by atoms with Gasteiger partial charge in [-0.1, -0.05) is 39.0 Å². The topological polar surface area (TPSA) is 51.2 Å². The van der Waals surface area contributed by atoms with Gasteiger partial charge < -0.3 is 10.1 Å². The van der Waals surface area contributed by atoms with E-state index in [2.05, 4.69) is 37.1 Å². The molecule has 128 valence electrons. The van der Waals surface area contributed by atoms with Crippen LogP contribution in [0.5, 0.6) is 5.75 Å². The summed E-state index contributed by atoms with van der Waals surface area (Å²) < 4.78 is 5.79. The fourth-order valence-electron chi connectivity index (χ4n) is 2.31. The van der Waals surface area contributed by atoms with Crippen molar-refractivity contribution >= 4 is 5.91 Å². The molecule has 1 atom stereocenters. The Labute approximate surface area is 144 Å². The molecule has 4 nitrogen and oxygen atoms in total. The van der Waals surface area contributed by atoms with Crippen LogP contribution in [0.25, 0.3) is 0 Å². The Kier molecular flexibility index (Phi) is 5.60. The zero-order valence-corrected chi connectivity index (χ0v) is 15.1. The van der Waals surface area contributed by atoms with Gasteiger partial charge in [0.15, 0.2) is 6.10 Å². The molecule has 4 heteroatoms. The molecule has 1 unspecified atom stereocenters. The molecule has 0 aliphatic heterocycles. The average Bonchev–Trinajstić information content (AvgIpc) is 2.52. The van der Waals surface area contributed by atoms with E-state index in [0.717, 1.165) is 11.4 Å². The van der Waals surface area contributed by atoms with E-state index in [-0.39, 0.29) is 11.3 Å². The first kappa shape index (κ1) is 18.0. The zero-order chi connectivity index (χ0) is 17.7. The van der Waals surface area contributed by atoms with Gasteiger partial charge >= 0.3 is 0 Å². The molecule has 24 heavy (non-hydrogen) atoms. The number of hydrogen-bond acceptors (Lipinski definition) is 3. The summed E-state index contributed by atoms with van der Waals surface area (Å²) in [5.74, 6) is 0.554. The maximum atomic E-state index is 12.2. The Morgan fingerprint density at radius 2 is 1.92 bits per heavy atom. The number of carbonyl (C=O) groups excluding carboxylic acids is 1. The standard InChI is InChI=1S/C20H26N2O2/c1-14-8-6-10-17(22-14)13-21-19(23)15(2)24-18-11-7-9-16(12-18)20(3,4)5/h6-12,15H,13H2,1-5H3,(H,21,23). The molecule has 0 bridgehead atoms. The van der Waals surface area contributed by atoms with Crippen molar-refractivity contribution in [3.63, 3.8) is 0 Å². The lowest BCUT2D eigenvalue weighted by molar-refractivity contribution is -0.127. The number of aromatic nitrogens is 1. The highest BCUT2D eigenvalue weighted by Gasteiger charge is 2.17. The highest BCUT2D eigenvalue weighted by atomic mass is 16.5. The van der Waals surface area contributed by atoms with Gasteiger partial charge in [0.1, 0.15) is 5.75 Å². The highest BCUT2D eigenvalue weighted by Crippen LogP contribution is 2.26. The second-order valence-electron chi connectivity index (χ2n) is 7.03. The van der Waals surface area contributed by atoms with Gasteiger partial charge in [0.2, 0.25) is 0 Å². The van der Waals surface area contributed by atoms with Crippen molar-refractivity contribution in [3.8, 4) is 5.75 Å². The van der Waals surface area contributed by atoms with Crippen LogP contribution in [0.1, 0.15) is 44.6 Å². The van der Waals surface area contributed by atoms with E-state index in [1.807, 2.05) is 43.3 Å². The van der Waals surface area contributed by atoms with E-state index in [9.17, 15) is 4.79 Å². The molecule has 0 radical (unpaired) electrons. The van der Waals surface area contributed by atoms with Gasteiger partial charge in [0.05, 0.1) is 12.2 Å². The lowest BCUT2D eigenvalue weighted by Crippen LogP contribution is -2.36. The lowest BCUT2D eigenvalue weighted by atomic mass is 9.87. The molecule has 0 aliphatic carbocycles. The molecule has 0 saturated carbocycles. The van der Waals surface area contributed by atoms with Gasteiger partial charge in [-0.15, -0.1) is 0 Å². The van der Waals surface area contributed by atoms with Gasteiger partial charge in [0, 0.05) is 5.69 Å². The van der Waals surface area contributed by atoms with Crippen LogP contribution in [-0.2, 0) is 16.8 Å². The maximum absolute atomic E-state index is 12.2. The van der Waals surface area contributed by atoms with Crippen molar-refractivity contribution in [2.75, 3.05) is 0 Å². The number of benzene rings is 1. The Hall–Kier alpha value is -2.36. The van der Waals surface area contributed by atoms with Crippen molar-refractivity contribution in [2.24, 2.45) is 0 Å². The first-order valence-electron chi connectivity index (χ1n) is 8.23. The summed E-state index contributed by atoms with van der Waals surface area (Å²) in [7, 11) is 0. The van der Waals surface area contributed by atoms with Crippen molar-refractivity contribution < 1.29 is 9.53 Å². The second-order valence-corrected chi connectivity index (χ2v) is 7.03.